The summed E-state index contributed by atoms with van der Waals surface area (Å²) in [5.41, 5.74) is 8.91. The summed E-state index contributed by atoms with van der Waals surface area (Å²) in [6.45, 7) is 4.01. The Kier molecular flexibility index (Phi) is 2.19. The van der Waals surface area contributed by atoms with Gasteiger partial charge in [-0.3, -0.25) is 0 Å². The molecule has 1 aromatic carbocycles. The van der Waals surface area contributed by atoms with E-state index in [0.29, 0.717) is 5.82 Å². The molecular weight excluding hydrogens is 240 g/mol. The number of nitrogens with zero attached hydrogens (tertiary/aromatic N) is 1. The van der Waals surface area contributed by atoms with E-state index in [1.54, 1.807) is 0 Å². The smallest absolute Gasteiger partial charge is 0.127 e. The van der Waals surface area contributed by atoms with Crippen molar-refractivity contribution >= 4 is 32.7 Å². The van der Waals surface area contributed by atoms with Crippen LogP contribution in [0.5, 0.6) is 0 Å². The number of fused-ring (bicyclic) bond motifs is 1. The molecule has 0 bridgehead atoms. The Bertz CT molecular complexity index is 506. The fraction of sp³-hybridized carbons (Fsp3) is 0.182. The summed E-state index contributed by atoms with van der Waals surface area (Å²) < 4.78 is 1.07. The summed E-state index contributed by atoms with van der Waals surface area (Å²) in [4.78, 5) is 4.38. The summed E-state index contributed by atoms with van der Waals surface area (Å²) in [7, 11) is 0. The molecule has 1 aromatic heterocycles. The molecule has 2 rings (SSSR count). The molecule has 0 spiro atoms. The van der Waals surface area contributed by atoms with Crippen LogP contribution in [0.15, 0.2) is 22.7 Å². The zero-order chi connectivity index (χ0) is 10.3. The zero-order valence-corrected chi connectivity index (χ0v) is 9.72. The molecule has 2 nitrogen and oxygen atoms in total. The lowest BCUT2D eigenvalue weighted by molar-refractivity contribution is 1.31. The van der Waals surface area contributed by atoms with Gasteiger partial charge in [-0.2, -0.15) is 0 Å². The minimum absolute atomic E-state index is 0.610. The molecule has 0 amide bonds. The van der Waals surface area contributed by atoms with Crippen LogP contribution in [0.3, 0.4) is 0 Å². The number of rotatable bonds is 0. The average molecular weight is 251 g/mol. The number of hydrogen-bond acceptors (Lipinski definition) is 2. The van der Waals surface area contributed by atoms with Crippen LogP contribution in [0.25, 0.3) is 10.9 Å². The van der Waals surface area contributed by atoms with E-state index >= 15 is 0 Å². The molecule has 0 aliphatic heterocycles. The van der Waals surface area contributed by atoms with Crippen molar-refractivity contribution in [2.75, 3.05) is 5.73 Å². The summed E-state index contributed by atoms with van der Waals surface area (Å²) in [6.07, 6.45) is 0. The third-order valence-corrected chi connectivity index (χ3v) is 3.26. The molecule has 0 radical (unpaired) electrons. The van der Waals surface area contributed by atoms with Crippen molar-refractivity contribution in [3.63, 3.8) is 0 Å². The summed E-state index contributed by atoms with van der Waals surface area (Å²) in [5.74, 6) is 0.610. The van der Waals surface area contributed by atoms with Crippen LogP contribution in [-0.4, -0.2) is 4.98 Å². The van der Waals surface area contributed by atoms with E-state index in [9.17, 15) is 0 Å². The predicted molar refractivity (Wildman–Crippen MR) is 63.3 cm³/mol. The number of benzene rings is 1. The largest absolute Gasteiger partial charge is 0.383 e. The number of anilines is 1. The molecule has 0 unspecified atom stereocenters. The van der Waals surface area contributed by atoms with E-state index in [1.165, 1.54) is 0 Å². The highest BCUT2D eigenvalue weighted by molar-refractivity contribution is 9.10. The minimum atomic E-state index is 0.610. The first kappa shape index (κ1) is 9.46. The van der Waals surface area contributed by atoms with E-state index < -0.39 is 0 Å². The summed E-state index contributed by atoms with van der Waals surface area (Å²) >= 11 is 3.48. The van der Waals surface area contributed by atoms with Crippen molar-refractivity contribution < 1.29 is 0 Å². The van der Waals surface area contributed by atoms with Gasteiger partial charge in [-0.15, -0.1) is 0 Å². The third-order valence-electron chi connectivity index (χ3n) is 2.40. The standard InChI is InChI=1S/C11H11BrN2/c1-6-5-8-3-4-9(12)7(2)10(8)14-11(6)13/h3-5H,1-2H3,(H2,13,14). The van der Waals surface area contributed by atoms with E-state index in [-0.39, 0.29) is 0 Å². The number of pyridine rings is 1. The number of aryl methyl sites for hydroxylation is 2. The van der Waals surface area contributed by atoms with Gasteiger partial charge in [-0.25, -0.2) is 4.98 Å². The molecule has 0 fully saturated rings. The third kappa shape index (κ3) is 1.38. The highest BCUT2D eigenvalue weighted by Crippen LogP contribution is 2.26. The maximum Gasteiger partial charge on any atom is 0.127 e. The van der Waals surface area contributed by atoms with E-state index in [4.69, 9.17) is 5.73 Å². The Hall–Kier alpha value is -1.09. The molecule has 2 N–H and O–H groups in total. The van der Waals surface area contributed by atoms with Crippen molar-refractivity contribution in [1.82, 2.24) is 4.98 Å². The van der Waals surface area contributed by atoms with Gasteiger partial charge < -0.3 is 5.73 Å². The second-order valence-electron chi connectivity index (χ2n) is 3.43. The monoisotopic (exact) mass is 250 g/mol. The molecule has 0 saturated heterocycles. The van der Waals surface area contributed by atoms with Gasteiger partial charge in [0, 0.05) is 9.86 Å². The quantitative estimate of drug-likeness (QED) is 0.780. The first-order chi connectivity index (χ1) is 6.59. The van der Waals surface area contributed by atoms with Crippen LogP contribution >= 0.6 is 15.9 Å². The van der Waals surface area contributed by atoms with Crippen LogP contribution in [0.4, 0.5) is 5.82 Å². The lowest BCUT2D eigenvalue weighted by Gasteiger charge is -2.06. The van der Waals surface area contributed by atoms with Gasteiger partial charge in [0.2, 0.25) is 0 Å². The van der Waals surface area contributed by atoms with E-state index in [2.05, 4.69) is 27.0 Å². The summed E-state index contributed by atoms with van der Waals surface area (Å²) in [5, 5.41) is 1.14. The van der Waals surface area contributed by atoms with E-state index in [1.807, 2.05) is 26.0 Å². The molecule has 2 aromatic rings. The molecule has 0 aliphatic rings. The average Bonchev–Trinajstić information content (AvgIpc) is 2.15. The number of hydrogen-bond donors (Lipinski definition) is 1. The van der Waals surface area contributed by atoms with Gasteiger partial charge >= 0.3 is 0 Å². The number of aromatic nitrogens is 1. The molecule has 3 heteroatoms. The van der Waals surface area contributed by atoms with Crippen molar-refractivity contribution in [1.29, 1.82) is 0 Å². The predicted octanol–water partition coefficient (Wildman–Crippen LogP) is 3.20. The van der Waals surface area contributed by atoms with Gasteiger partial charge in [-0.1, -0.05) is 22.0 Å². The number of nitrogens with two attached hydrogens (primary N) is 1. The van der Waals surface area contributed by atoms with Crippen molar-refractivity contribution in [3.05, 3.63) is 33.8 Å². The van der Waals surface area contributed by atoms with Gasteiger partial charge in [0.1, 0.15) is 5.82 Å². The summed E-state index contributed by atoms with van der Waals surface area (Å²) in [6, 6.07) is 6.15. The van der Waals surface area contributed by atoms with Crippen LogP contribution in [-0.2, 0) is 0 Å². The lowest BCUT2D eigenvalue weighted by Crippen LogP contribution is -1.95. The van der Waals surface area contributed by atoms with Crippen LogP contribution < -0.4 is 5.73 Å². The van der Waals surface area contributed by atoms with Crippen LogP contribution in [0, 0.1) is 13.8 Å². The normalized spacial score (nSPS) is 10.8. The SMILES string of the molecule is Cc1cc2ccc(Br)c(C)c2nc1N. The molecule has 72 valence electrons. The highest BCUT2D eigenvalue weighted by atomic mass is 79.9. The van der Waals surface area contributed by atoms with E-state index in [0.717, 1.165) is 26.5 Å². The van der Waals surface area contributed by atoms with Gasteiger partial charge in [0.25, 0.3) is 0 Å². The molecular formula is C11H11BrN2. The van der Waals surface area contributed by atoms with Gasteiger partial charge in [0.05, 0.1) is 5.52 Å². The topological polar surface area (TPSA) is 38.9 Å². The zero-order valence-electron chi connectivity index (χ0n) is 8.13. The molecule has 14 heavy (non-hydrogen) atoms. The molecule has 1 heterocycles. The van der Waals surface area contributed by atoms with Gasteiger partial charge in [0.15, 0.2) is 0 Å². The van der Waals surface area contributed by atoms with Crippen LogP contribution in [0.1, 0.15) is 11.1 Å². The minimum Gasteiger partial charge on any atom is -0.383 e. The van der Waals surface area contributed by atoms with Crippen molar-refractivity contribution in [2.24, 2.45) is 0 Å². The lowest BCUT2D eigenvalue weighted by atomic mass is 10.1. The number of halogens is 1. The maximum absolute atomic E-state index is 5.78. The highest BCUT2D eigenvalue weighted by Gasteiger charge is 2.04. The first-order valence-electron chi connectivity index (χ1n) is 4.41. The van der Waals surface area contributed by atoms with Crippen molar-refractivity contribution in [2.45, 2.75) is 13.8 Å². The second-order valence-corrected chi connectivity index (χ2v) is 4.29. The Balaban J connectivity index is 2.89. The molecule has 0 aliphatic carbocycles. The second kappa shape index (κ2) is 3.24. The van der Waals surface area contributed by atoms with Gasteiger partial charge in [-0.05, 0) is 37.1 Å². The molecule has 0 atom stereocenters. The Labute approximate surface area is 91.3 Å². The Morgan fingerprint density at radius 3 is 2.71 bits per heavy atom. The first-order valence-corrected chi connectivity index (χ1v) is 5.21. The number of nitrogen functional groups attached to an aromatic ring is 1. The fourth-order valence-corrected chi connectivity index (χ4v) is 1.80. The maximum atomic E-state index is 5.78. The van der Waals surface area contributed by atoms with Crippen LogP contribution in [0.2, 0.25) is 0 Å². The Morgan fingerprint density at radius 1 is 1.29 bits per heavy atom. The Morgan fingerprint density at radius 2 is 2.00 bits per heavy atom. The fourth-order valence-electron chi connectivity index (χ4n) is 1.48. The molecule has 0 saturated carbocycles. The van der Waals surface area contributed by atoms with Crippen molar-refractivity contribution in [3.8, 4) is 0 Å².